The molecule has 1 aromatic carbocycles. The van der Waals surface area contributed by atoms with E-state index in [1.807, 2.05) is 30.5 Å². The zero-order chi connectivity index (χ0) is 13.6. The van der Waals surface area contributed by atoms with Crippen molar-refractivity contribution in [3.63, 3.8) is 0 Å². The molecule has 0 N–H and O–H groups in total. The van der Waals surface area contributed by atoms with Gasteiger partial charge in [0.15, 0.2) is 0 Å². The monoisotopic (exact) mass is 319 g/mol. The molecule has 2 heterocycles. The molecule has 2 aromatic heterocycles. The number of aromatic nitrogens is 3. The number of imidazole rings is 1. The van der Waals surface area contributed by atoms with Crippen molar-refractivity contribution < 1.29 is 4.39 Å². The van der Waals surface area contributed by atoms with Crippen molar-refractivity contribution in [3.8, 4) is 11.3 Å². The van der Waals surface area contributed by atoms with E-state index in [0.717, 1.165) is 22.6 Å². The summed E-state index contributed by atoms with van der Waals surface area (Å²) in [7, 11) is 0. The molecule has 19 heavy (non-hydrogen) atoms. The molecule has 0 aliphatic rings. The molecule has 3 rings (SSSR count). The Kier molecular flexibility index (Phi) is 2.86. The van der Waals surface area contributed by atoms with Crippen LogP contribution in [0.5, 0.6) is 0 Å². The summed E-state index contributed by atoms with van der Waals surface area (Å²) in [6.45, 7) is 3.95. The number of hydrogen-bond donors (Lipinski definition) is 0. The topological polar surface area (TPSA) is 30.2 Å². The SMILES string of the molecule is Cc1cc(C)n2cc(-c3ccc(F)cc3Br)nc2n1. The Morgan fingerprint density at radius 2 is 1.95 bits per heavy atom. The van der Waals surface area contributed by atoms with Gasteiger partial charge in [-0.15, -0.1) is 0 Å². The Morgan fingerprint density at radius 3 is 2.68 bits per heavy atom. The molecule has 0 bridgehead atoms. The Morgan fingerprint density at radius 1 is 1.16 bits per heavy atom. The molecule has 0 radical (unpaired) electrons. The predicted octanol–water partition coefficient (Wildman–Crippen LogP) is 3.91. The molecule has 0 saturated carbocycles. The maximum Gasteiger partial charge on any atom is 0.234 e. The lowest BCUT2D eigenvalue weighted by Crippen LogP contribution is -1.94. The number of aryl methyl sites for hydroxylation is 2. The van der Waals surface area contributed by atoms with Gasteiger partial charge in [-0.3, -0.25) is 4.40 Å². The molecule has 96 valence electrons. The van der Waals surface area contributed by atoms with Crippen LogP contribution in [-0.2, 0) is 0 Å². The lowest BCUT2D eigenvalue weighted by Gasteiger charge is -2.00. The van der Waals surface area contributed by atoms with E-state index in [0.29, 0.717) is 10.3 Å². The molecular formula is C14H11BrFN3. The minimum Gasteiger partial charge on any atom is -0.288 e. The lowest BCUT2D eigenvalue weighted by atomic mass is 10.2. The minimum absolute atomic E-state index is 0.274. The summed E-state index contributed by atoms with van der Waals surface area (Å²) in [4.78, 5) is 8.89. The van der Waals surface area contributed by atoms with Crippen molar-refractivity contribution in [2.45, 2.75) is 13.8 Å². The molecule has 3 aromatic rings. The Bertz CT molecular complexity index is 780. The number of hydrogen-bond acceptors (Lipinski definition) is 2. The Labute approximate surface area is 118 Å². The van der Waals surface area contributed by atoms with Crippen molar-refractivity contribution >= 4 is 21.7 Å². The van der Waals surface area contributed by atoms with E-state index in [9.17, 15) is 4.39 Å². The highest BCUT2D eigenvalue weighted by atomic mass is 79.9. The van der Waals surface area contributed by atoms with Crippen LogP contribution in [0.3, 0.4) is 0 Å². The number of benzene rings is 1. The fraction of sp³-hybridized carbons (Fsp3) is 0.143. The normalized spacial score (nSPS) is 11.2. The first-order chi connectivity index (χ1) is 9.04. The van der Waals surface area contributed by atoms with E-state index < -0.39 is 0 Å². The largest absolute Gasteiger partial charge is 0.288 e. The van der Waals surface area contributed by atoms with Gasteiger partial charge >= 0.3 is 0 Å². The van der Waals surface area contributed by atoms with Crippen LogP contribution in [0.1, 0.15) is 11.4 Å². The van der Waals surface area contributed by atoms with Crippen LogP contribution in [0.15, 0.2) is 34.9 Å². The molecule has 0 saturated heterocycles. The second kappa shape index (κ2) is 4.42. The first-order valence-corrected chi connectivity index (χ1v) is 6.62. The van der Waals surface area contributed by atoms with Crippen LogP contribution in [-0.4, -0.2) is 14.4 Å². The van der Waals surface area contributed by atoms with E-state index in [4.69, 9.17) is 0 Å². The number of fused-ring (bicyclic) bond motifs is 1. The van der Waals surface area contributed by atoms with E-state index in [1.54, 1.807) is 6.07 Å². The van der Waals surface area contributed by atoms with Gasteiger partial charge in [-0.25, -0.2) is 14.4 Å². The zero-order valence-corrected chi connectivity index (χ0v) is 12.1. The molecule has 0 unspecified atom stereocenters. The van der Waals surface area contributed by atoms with E-state index >= 15 is 0 Å². The Balaban J connectivity index is 2.23. The van der Waals surface area contributed by atoms with Gasteiger partial charge in [0.1, 0.15) is 5.82 Å². The maximum absolute atomic E-state index is 13.1. The van der Waals surface area contributed by atoms with E-state index in [1.165, 1.54) is 12.1 Å². The molecule has 0 amide bonds. The average molecular weight is 320 g/mol. The number of nitrogens with zero attached hydrogens (tertiary/aromatic N) is 3. The molecule has 0 atom stereocenters. The maximum atomic E-state index is 13.1. The standard InChI is InChI=1S/C14H11BrFN3/c1-8-5-9(2)19-7-13(18-14(19)17-8)11-4-3-10(16)6-12(11)15/h3-7H,1-2H3. The third-order valence-corrected chi connectivity index (χ3v) is 3.62. The van der Waals surface area contributed by atoms with Gasteiger partial charge in [0.2, 0.25) is 5.78 Å². The van der Waals surface area contributed by atoms with Gasteiger partial charge in [0.25, 0.3) is 0 Å². The summed E-state index contributed by atoms with van der Waals surface area (Å²) in [6, 6.07) is 6.57. The van der Waals surface area contributed by atoms with Gasteiger partial charge < -0.3 is 0 Å². The summed E-state index contributed by atoms with van der Waals surface area (Å²) in [6.07, 6.45) is 1.91. The second-order valence-corrected chi connectivity index (χ2v) is 5.31. The molecule has 0 aliphatic carbocycles. The van der Waals surface area contributed by atoms with Crippen molar-refractivity contribution in [1.82, 2.24) is 14.4 Å². The van der Waals surface area contributed by atoms with Crippen LogP contribution in [0.4, 0.5) is 4.39 Å². The van der Waals surface area contributed by atoms with E-state index in [-0.39, 0.29) is 5.82 Å². The highest BCUT2D eigenvalue weighted by molar-refractivity contribution is 9.10. The van der Waals surface area contributed by atoms with E-state index in [2.05, 4.69) is 25.9 Å². The smallest absolute Gasteiger partial charge is 0.234 e. The Hall–Kier alpha value is -1.75. The quantitative estimate of drug-likeness (QED) is 0.680. The summed E-state index contributed by atoms with van der Waals surface area (Å²) in [5.74, 6) is 0.383. The van der Waals surface area contributed by atoms with Crippen LogP contribution in [0, 0.1) is 19.7 Å². The van der Waals surface area contributed by atoms with Gasteiger partial charge in [-0.05, 0) is 54.0 Å². The molecule has 0 spiro atoms. The van der Waals surface area contributed by atoms with Crippen molar-refractivity contribution in [2.24, 2.45) is 0 Å². The van der Waals surface area contributed by atoms with Crippen LogP contribution in [0.25, 0.3) is 17.0 Å². The average Bonchev–Trinajstić information content (AvgIpc) is 2.72. The van der Waals surface area contributed by atoms with Crippen molar-refractivity contribution in [3.05, 3.63) is 52.1 Å². The fourth-order valence-corrected chi connectivity index (χ4v) is 2.65. The summed E-state index contributed by atoms with van der Waals surface area (Å²) in [5, 5.41) is 0. The van der Waals surface area contributed by atoms with Crippen molar-refractivity contribution in [1.29, 1.82) is 0 Å². The highest BCUT2D eigenvalue weighted by Gasteiger charge is 2.10. The highest BCUT2D eigenvalue weighted by Crippen LogP contribution is 2.28. The van der Waals surface area contributed by atoms with Gasteiger partial charge in [0.05, 0.1) is 5.69 Å². The molecular weight excluding hydrogens is 309 g/mol. The van der Waals surface area contributed by atoms with Gasteiger partial charge in [0, 0.05) is 27.6 Å². The summed E-state index contributed by atoms with van der Waals surface area (Å²) >= 11 is 3.36. The van der Waals surface area contributed by atoms with Crippen LogP contribution >= 0.6 is 15.9 Å². The van der Waals surface area contributed by atoms with Crippen LogP contribution in [0.2, 0.25) is 0 Å². The third-order valence-electron chi connectivity index (χ3n) is 2.97. The van der Waals surface area contributed by atoms with Gasteiger partial charge in [-0.1, -0.05) is 0 Å². The summed E-state index contributed by atoms with van der Waals surface area (Å²) in [5.41, 5.74) is 3.62. The van der Waals surface area contributed by atoms with Crippen LogP contribution < -0.4 is 0 Å². The second-order valence-electron chi connectivity index (χ2n) is 4.46. The first-order valence-electron chi connectivity index (χ1n) is 5.83. The van der Waals surface area contributed by atoms with Gasteiger partial charge in [-0.2, -0.15) is 0 Å². The molecule has 5 heteroatoms. The zero-order valence-electron chi connectivity index (χ0n) is 10.5. The third kappa shape index (κ3) is 2.14. The molecule has 0 fully saturated rings. The first kappa shape index (κ1) is 12.3. The lowest BCUT2D eigenvalue weighted by molar-refractivity contribution is 0.627. The van der Waals surface area contributed by atoms with Crippen molar-refractivity contribution in [2.75, 3.05) is 0 Å². The minimum atomic E-state index is -0.274. The molecule has 3 nitrogen and oxygen atoms in total. The fourth-order valence-electron chi connectivity index (χ4n) is 2.10. The number of halogens is 2. The number of rotatable bonds is 1. The summed E-state index contributed by atoms with van der Waals surface area (Å²) < 4.78 is 15.7. The molecule has 0 aliphatic heterocycles. The predicted molar refractivity (Wildman–Crippen MR) is 75.6 cm³/mol.